The van der Waals surface area contributed by atoms with Gasteiger partial charge >= 0.3 is 0 Å². The van der Waals surface area contributed by atoms with Crippen molar-refractivity contribution in [3.63, 3.8) is 0 Å². The number of sulfonamides is 1. The predicted octanol–water partition coefficient (Wildman–Crippen LogP) is 2.68. The van der Waals surface area contributed by atoms with Crippen molar-refractivity contribution in [3.8, 4) is 11.3 Å². The fourth-order valence-corrected chi connectivity index (χ4v) is 6.54. The van der Waals surface area contributed by atoms with Gasteiger partial charge in [-0.25, -0.2) is 23.1 Å². The summed E-state index contributed by atoms with van der Waals surface area (Å²) in [6, 6.07) is 5.47. The SMILES string of the molecule is Cc1ccc(S(=O)(=O)NC2CCN(c3ncnc4[nH]c(-c5cnn(C)c5)cc34)CC2)s1. The van der Waals surface area contributed by atoms with Gasteiger partial charge in [0, 0.05) is 42.8 Å². The highest BCUT2D eigenvalue weighted by atomic mass is 32.2. The molecule has 4 aromatic heterocycles. The Morgan fingerprint density at radius 3 is 2.71 bits per heavy atom. The van der Waals surface area contributed by atoms with Gasteiger partial charge in [0.25, 0.3) is 0 Å². The van der Waals surface area contributed by atoms with Crippen LogP contribution in [0.2, 0.25) is 0 Å². The molecule has 31 heavy (non-hydrogen) atoms. The molecule has 4 aromatic rings. The van der Waals surface area contributed by atoms with E-state index < -0.39 is 10.0 Å². The van der Waals surface area contributed by atoms with E-state index in [2.05, 4.69) is 35.7 Å². The lowest BCUT2D eigenvalue weighted by atomic mass is 10.1. The third-order valence-electron chi connectivity index (χ3n) is 5.52. The molecule has 5 heterocycles. The summed E-state index contributed by atoms with van der Waals surface area (Å²) in [5, 5.41) is 5.18. The van der Waals surface area contributed by atoms with Crippen LogP contribution in [0.4, 0.5) is 5.82 Å². The topological polar surface area (TPSA) is 109 Å². The van der Waals surface area contributed by atoms with E-state index in [4.69, 9.17) is 0 Å². The maximum absolute atomic E-state index is 12.6. The largest absolute Gasteiger partial charge is 0.356 e. The summed E-state index contributed by atoms with van der Waals surface area (Å²) < 4.78 is 30.3. The molecule has 0 saturated carbocycles. The van der Waals surface area contributed by atoms with Gasteiger partial charge in [0.15, 0.2) is 0 Å². The first-order chi connectivity index (χ1) is 14.9. The van der Waals surface area contributed by atoms with Crippen LogP contribution in [-0.2, 0) is 17.1 Å². The van der Waals surface area contributed by atoms with Crippen molar-refractivity contribution in [2.24, 2.45) is 7.05 Å². The number of rotatable bonds is 5. The molecule has 1 fully saturated rings. The number of nitrogens with one attached hydrogen (secondary N) is 2. The zero-order valence-electron chi connectivity index (χ0n) is 17.2. The summed E-state index contributed by atoms with van der Waals surface area (Å²) in [7, 11) is -1.59. The summed E-state index contributed by atoms with van der Waals surface area (Å²) in [6.45, 7) is 3.34. The molecule has 0 amide bonds. The van der Waals surface area contributed by atoms with Gasteiger partial charge in [-0.05, 0) is 38.0 Å². The molecule has 0 atom stereocenters. The zero-order chi connectivity index (χ0) is 21.6. The maximum Gasteiger partial charge on any atom is 0.250 e. The van der Waals surface area contributed by atoms with E-state index in [1.54, 1.807) is 17.1 Å². The Morgan fingerprint density at radius 1 is 1.23 bits per heavy atom. The Morgan fingerprint density at radius 2 is 2.03 bits per heavy atom. The number of aryl methyl sites for hydroxylation is 2. The van der Waals surface area contributed by atoms with E-state index in [1.165, 1.54) is 11.3 Å². The van der Waals surface area contributed by atoms with Crippen LogP contribution in [0, 0.1) is 6.92 Å². The summed E-state index contributed by atoms with van der Waals surface area (Å²) in [5.41, 5.74) is 2.71. The van der Waals surface area contributed by atoms with Gasteiger partial charge in [0.05, 0.1) is 17.3 Å². The Kier molecular flexibility index (Phi) is 5.03. The number of aromatic amines is 1. The minimum Gasteiger partial charge on any atom is -0.356 e. The quantitative estimate of drug-likeness (QED) is 0.477. The van der Waals surface area contributed by atoms with Crippen LogP contribution >= 0.6 is 11.3 Å². The van der Waals surface area contributed by atoms with E-state index in [0.29, 0.717) is 4.21 Å². The van der Waals surface area contributed by atoms with Crippen LogP contribution in [0.5, 0.6) is 0 Å². The first-order valence-corrected chi connectivity index (χ1v) is 12.4. The highest BCUT2D eigenvalue weighted by Gasteiger charge is 2.27. The van der Waals surface area contributed by atoms with Gasteiger partial charge in [-0.3, -0.25) is 4.68 Å². The molecule has 1 aliphatic heterocycles. The molecule has 162 valence electrons. The second-order valence-corrected chi connectivity index (χ2v) is 11.0. The van der Waals surface area contributed by atoms with Crippen LogP contribution in [0.3, 0.4) is 0 Å². The van der Waals surface area contributed by atoms with Crippen molar-refractivity contribution in [2.75, 3.05) is 18.0 Å². The van der Waals surface area contributed by atoms with Crippen molar-refractivity contribution in [2.45, 2.75) is 30.0 Å². The van der Waals surface area contributed by atoms with Crippen molar-refractivity contribution in [1.82, 2.24) is 29.5 Å². The summed E-state index contributed by atoms with van der Waals surface area (Å²) in [6.07, 6.45) is 6.76. The lowest BCUT2D eigenvalue weighted by Crippen LogP contribution is -2.44. The van der Waals surface area contributed by atoms with Crippen LogP contribution in [0.25, 0.3) is 22.3 Å². The third kappa shape index (κ3) is 3.95. The van der Waals surface area contributed by atoms with Crippen molar-refractivity contribution < 1.29 is 8.42 Å². The molecule has 0 aromatic carbocycles. The average molecular weight is 458 g/mol. The molecule has 0 radical (unpaired) electrons. The summed E-state index contributed by atoms with van der Waals surface area (Å²) >= 11 is 1.30. The van der Waals surface area contributed by atoms with E-state index in [1.807, 2.05) is 32.4 Å². The fourth-order valence-electron chi connectivity index (χ4n) is 3.94. The van der Waals surface area contributed by atoms with Crippen molar-refractivity contribution in [1.29, 1.82) is 0 Å². The molecule has 2 N–H and O–H groups in total. The molecule has 9 nitrogen and oxygen atoms in total. The van der Waals surface area contributed by atoms with Gasteiger partial charge in [0.1, 0.15) is 22.0 Å². The van der Waals surface area contributed by atoms with E-state index >= 15 is 0 Å². The number of hydrogen-bond acceptors (Lipinski definition) is 7. The highest BCUT2D eigenvalue weighted by Crippen LogP contribution is 2.30. The van der Waals surface area contributed by atoms with Gasteiger partial charge in [-0.1, -0.05) is 0 Å². The average Bonchev–Trinajstić information content (AvgIpc) is 3.47. The number of hydrogen-bond donors (Lipinski definition) is 2. The molecule has 0 bridgehead atoms. The number of aromatic nitrogens is 5. The van der Waals surface area contributed by atoms with Gasteiger partial charge < -0.3 is 9.88 Å². The van der Waals surface area contributed by atoms with Gasteiger partial charge in [-0.15, -0.1) is 11.3 Å². The normalized spacial score (nSPS) is 15.7. The van der Waals surface area contributed by atoms with E-state index in [0.717, 1.165) is 58.9 Å². The molecule has 1 saturated heterocycles. The van der Waals surface area contributed by atoms with Crippen molar-refractivity contribution in [3.05, 3.63) is 41.8 Å². The van der Waals surface area contributed by atoms with Crippen LogP contribution in [-0.4, -0.2) is 52.3 Å². The molecular formula is C20H23N7O2S2. The van der Waals surface area contributed by atoms with E-state index in [9.17, 15) is 8.42 Å². The second-order valence-electron chi connectivity index (χ2n) is 7.79. The molecule has 0 unspecified atom stereocenters. The number of H-pyrrole nitrogens is 1. The lowest BCUT2D eigenvalue weighted by molar-refractivity contribution is 0.459. The minimum atomic E-state index is -3.47. The fraction of sp³-hybridized carbons (Fsp3) is 0.350. The molecular weight excluding hydrogens is 434 g/mol. The molecule has 1 aliphatic rings. The second kappa shape index (κ2) is 7.74. The van der Waals surface area contributed by atoms with Gasteiger partial charge in [-0.2, -0.15) is 5.10 Å². The number of thiophene rings is 1. The molecule has 11 heteroatoms. The van der Waals surface area contributed by atoms with Crippen LogP contribution in [0.15, 0.2) is 41.1 Å². The van der Waals surface area contributed by atoms with Crippen LogP contribution in [0.1, 0.15) is 17.7 Å². The smallest absolute Gasteiger partial charge is 0.250 e. The maximum atomic E-state index is 12.6. The molecule has 0 spiro atoms. The standard InChI is InChI=1S/C20H23N7O2S2/c1-13-3-4-18(30-13)31(28,29)25-15-5-7-27(8-6-15)20-16-9-17(14-10-23-26(2)11-14)24-19(16)21-12-22-20/h3-4,9-12,15,25H,5-8H2,1-2H3,(H,21,22,24). The minimum absolute atomic E-state index is 0.0850. The molecule has 5 rings (SSSR count). The first-order valence-electron chi connectivity index (χ1n) is 10.1. The van der Waals surface area contributed by atoms with Crippen LogP contribution < -0.4 is 9.62 Å². The van der Waals surface area contributed by atoms with Crippen molar-refractivity contribution >= 4 is 38.2 Å². The Balaban J connectivity index is 1.32. The zero-order valence-corrected chi connectivity index (χ0v) is 18.9. The number of piperidine rings is 1. The van der Waals surface area contributed by atoms with E-state index in [-0.39, 0.29) is 6.04 Å². The number of anilines is 1. The Hall–Kier alpha value is -2.76. The summed E-state index contributed by atoms with van der Waals surface area (Å²) in [4.78, 5) is 15.4. The Bertz CT molecular complexity index is 1330. The lowest BCUT2D eigenvalue weighted by Gasteiger charge is -2.33. The highest BCUT2D eigenvalue weighted by molar-refractivity contribution is 7.91. The third-order valence-corrected chi connectivity index (χ3v) is 8.53. The summed E-state index contributed by atoms with van der Waals surface area (Å²) in [5.74, 6) is 0.867. The number of fused-ring (bicyclic) bond motifs is 1. The van der Waals surface area contributed by atoms with Gasteiger partial charge in [0.2, 0.25) is 10.0 Å². The Labute approximate surface area is 184 Å². The monoisotopic (exact) mass is 457 g/mol. The number of nitrogens with zero attached hydrogens (tertiary/aromatic N) is 5. The predicted molar refractivity (Wildman–Crippen MR) is 121 cm³/mol. The molecule has 0 aliphatic carbocycles. The first kappa shape index (κ1) is 20.2.